The van der Waals surface area contributed by atoms with Crippen LogP contribution in [0, 0.1) is 6.92 Å². The van der Waals surface area contributed by atoms with Crippen molar-refractivity contribution in [3.63, 3.8) is 0 Å². The Morgan fingerprint density at radius 1 is 1.06 bits per heavy atom. The Bertz CT molecular complexity index is 1180. The van der Waals surface area contributed by atoms with E-state index in [2.05, 4.69) is 5.32 Å². The van der Waals surface area contributed by atoms with Gasteiger partial charge in [-0.25, -0.2) is 13.2 Å². The predicted octanol–water partition coefficient (Wildman–Crippen LogP) is 3.74. The highest BCUT2D eigenvalue weighted by Crippen LogP contribution is 2.26. The van der Waals surface area contributed by atoms with Crippen molar-refractivity contribution in [1.29, 1.82) is 0 Å². The molecule has 3 aromatic rings. The van der Waals surface area contributed by atoms with Crippen LogP contribution in [0.1, 0.15) is 27.7 Å². The van der Waals surface area contributed by atoms with Crippen molar-refractivity contribution >= 4 is 38.9 Å². The summed E-state index contributed by atoms with van der Waals surface area (Å²) in [6, 6.07) is 16.9. The van der Waals surface area contributed by atoms with Crippen LogP contribution in [0.3, 0.4) is 0 Å². The first kappa shape index (κ1) is 23.5. The zero-order valence-corrected chi connectivity index (χ0v) is 19.4. The molecule has 2 aromatic carbocycles. The minimum Gasteiger partial charge on any atom is -0.452 e. The van der Waals surface area contributed by atoms with Gasteiger partial charge in [0.2, 0.25) is 0 Å². The van der Waals surface area contributed by atoms with Crippen LogP contribution in [0.2, 0.25) is 0 Å². The second-order valence-electron chi connectivity index (χ2n) is 6.92. The molecular weight excluding hydrogens is 448 g/mol. The predicted molar refractivity (Wildman–Crippen MR) is 124 cm³/mol. The van der Waals surface area contributed by atoms with Crippen LogP contribution < -0.4 is 9.62 Å². The number of rotatable bonds is 9. The molecule has 0 unspecified atom stereocenters. The lowest BCUT2D eigenvalue weighted by Crippen LogP contribution is -2.31. The molecule has 9 heteroatoms. The first-order valence-corrected chi connectivity index (χ1v) is 12.3. The Morgan fingerprint density at radius 2 is 1.81 bits per heavy atom. The van der Waals surface area contributed by atoms with Crippen molar-refractivity contribution in [3.8, 4) is 0 Å². The van der Waals surface area contributed by atoms with E-state index in [1.807, 2.05) is 23.6 Å². The molecule has 0 aliphatic carbocycles. The number of carbonyl (C=O) groups excluding carboxylic acids is 2. The van der Waals surface area contributed by atoms with Crippen LogP contribution in [0.15, 0.2) is 70.9 Å². The highest BCUT2D eigenvalue weighted by Gasteiger charge is 2.26. The van der Waals surface area contributed by atoms with E-state index in [0.717, 1.165) is 4.88 Å². The first-order valence-electron chi connectivity index (χ1n) is 9.97. The Kier molecular flexibility index (Phi) is 7.66. The van der Waals surface area contributed by atoms with Crippen molar-refractivity contribution in [1.82, 2.24) is 5.32 Å². The lowest BCUT2D eigenvalue weighted by molar-refractivity contribution is -0.124. The molecule has 0 atom stereocenters. The summed E-state index contributed by atoms with van der Waals surface area (Å²) in [6.07, 6.45) is 0. The zero-order valence-electron chi connectivity index (χ0n) is 17.8. The molecule has 0 saturated heterocycles. The third-order valence-electron chi connectivity index (χ3n) is 4.70. The standard InChI is InChI=1S/C23H24N2O5S2/c1-3-25(19-8-5-4-6-9-19)32(28,29)21-14-18(12-11-17(21)2)23(27)30-16-22(26)24-15-20-10-7-13-31-20/h4-14H,3,15-16H2,1-2H3,(H,24,26). The number of aryl methyl sites for hydroxylation is 1. The van der Waals surface area contributed by atoms with Crippen LogP contribution in [-0.2, 0) is 26.1 Å². The molecule has 0 radical (unpaired) electrons. The molecule has 1 N–H and O–H groups in total. The number of sulfonamides is 1. The quantitative estimate of drug-likeness (QED) is 0.479. The largest absolute Gasteiger partial charge is 0.452 e. The summed E-state index contributed by atoms with van der Waals surface area (Å²) >= 11 is 1.51. The van der Waals surface area contributed by atoms with E-state index in [0.29, 0.717) is 17.8 Å². The molecule has 1 aromatic heterocycles. The Hall–Kier alpha value is -3.17. The summed E-state index contributed by atoms with van der Waals surface area (Å²) < 4.78 is 33.0. The molecule has 0 spiro atoms. The molecule has 1 heterocycles. The van der Waals surface area contributed by atoms with Gasteiger partial charge in [-0.3, -0.25) is 9.10 Å². The van der Waals surface area contributed by atoms with Crippen molar-refractivity contribution in [2.45, 2.75) is 25.3 Å². The van der Waals surface area contributed by atoms with Gasteiger partial charge in [0.05, 0.1) is 22.7 Å². The SMILES string of the molecule is CCN(c1ccccc1)S(=O)(=O)c1cc(C(=O)OCC(=O)NCc2cccs2)ccc1C. The lowest BCUT2D eigenvalue weighted by atomic mass is 10.1. The summed E-state index contributed by atoms with van der Waals surface area (Å²) in [5, 5.41) is 4.57. The molecule has 1 amide bonds. The van der Waals surface area contributed by atoms with Crippen LogP contribution >= 0.6 is 11.3 Å². The maximum Gasteiger partial charge on any atom is 0.338 e. The minimum absolute atomic E-state index is 0.0137. The normalized spacial score (nSPS) is 11.1. The van der Waals surface area contributed by atoms with Crippen LogP contribution in [-0.4, -0.2) is 33.4 Å². The first-order chi connectivity index (χ1) is 15.3. The number of esters is 1. The number of carbonyl (C=O) groups is 2. The van der Waals surface area contributed by atoms with E-state index < -0.39 is 28.5 Å². The van der Waals surface area contributed by atoms with E-state index in [4.69, 9.17) is 4.74 Å². The minimum atomic E-state index is -3.91. The second-order valence-corrected chi connectivity index (χ2v) is 9.78. The highest BCUT2D eigenvalue weighted by atomic mass is 32.2. The van der Waals surface area contributed by atoms with Gasteiger partial charge in [-0.2, -0.15) is 0 Å². The Balaban J connectivity index is 1.73. The average molecular weight is 473 g/mol. The smallest absolute Gasteiger partial charge is 0.338 e. The van der Waals surface area contributed by atoms with Gasteiger partial charge < -0.3 is 10.1 Å². The molecular formula is C23H24N2O5S2. The van der Waals surface area contributed by atoms with E-state index in [1.165, 1.54) is 27.8 Å². The third kappa shape index (κ3) is 5.54. The molecule has 3 rings (SSSR count). The van der Waals surface area contributed by atoms with Crippen LogP contribution in [0.5, 0.6) is 0 Å². The Morgan fingerprint density at radius 3 is 2.47 bits per heavy atom. The fourth-order valence-corrected chi connectivity index (χ4v) is 5.45. The topological polar surface area (TPSA) is 92.8 Å². The van der Waals surface area contributed by atoms with Gasteiger partial charge in [-0.05, 0) is 55.1 Å². The summed E-state index contributed by atoms with van der Waals surface area (Å²) in [5.74, 6) is -1.21. The van der Waals surface area contributed by atoms with Crippen molar-refractivity contribution < 1.29 is 22.7 Å². The van der Waals surface area contributed by atoms with Gasteiger partial charge >= 0.3 is 5.97 Å². The van der Waals surface area contributed by atoms with Gasteiger partial charge in [-0.1, -0.05) is 30.3 Å². The number of para-hydroxylation sites is 1. The number of hydrogen-bond donors (Lipinski definition) is 1. The number of nitrogens with zero attached hydrogens (tertiary/aromatic N) is 1. The molecule has 32 heavy (non-hydrogen) atoms. The maximum atomic E-state index is 13.3. The number of nitrogens with one attached hydrogen (secondary N) is 1. The van der Waals surface area contributed by atoms with Crippen molar-refractivity contribution in [3.05, 3.63) is 82.0 Å². The molecule has 0 fully saturated rings. The van der Waals surface area contributed by atoms with Crippen molar-refractivity contribution in [2.24, 2.45) is 0 Å². The van der Waals surface area contributed by atoms with Gasteiger partial charge in [0.1, 0.15) is 0 Å². The second kappa shape index (κ2) is 10.4. The molecule has 7 nitrogen and oxygen atoms in total. The lowest BCUT2D eigenvalue weighted by Gasteiger charge is -2.24. The molecule has 0 bridgehead atoms. The molecule has 0 aliphatic heterocycles. The fraction of sp³-hybridized carbons (Fsp3) is 0.217. The van der Waals surface area contributed by atoms with Gasteiger partial charge in [0.15, 0.2) is 6.61 Å². The van der Waals surface area contributed by atoms with Gasteiger partial charge in [0.25, 0.3) is 15.9 Å². The number of anilines is 1. The highest BCUT2D eigenvalue weighted by molar-refractivity contribution is 7.92. The number of benzene rings is 2. The van der Waals surface area contributed by atoms with E-state index in [1.54, 1.807) is 44.2 Å². The summed E-state index contributed by atoms with van der Waals surface area (Å²) in [7, 11) is -3.91. The van der Waals surface area contributed by atoms with Crippen LogP contribution in [0.4, 0.5) is 5.69 Å². The third-order valence-corrected chi connectivity index (χ3v) is 7.62. The Labute approximate surface area is 191 Å². The molecule has 168 valence electrons. The van der Waals surface area contributed by atoms with Crippen LogP contribution in [0.25, 0.3) is 0 Å². The summed E-state index contributed by atoms with van der Waals surface area (Å²) in [6.45, 7) is 3.54. The van der Waals surface area contributed by atoms with Gasteiger partial charge in [0, 0.05) is 11.4 Å². The van der Waals surface area contributed by atoms with E-state index in [-0.39, 0.29) is 17.0 Å². The zero-order chi connectivity index (χ0) is 23.1. The molecule has 0 aliphatic rings. The van der Waals surface area contributed by atoms with Crippen molar-refractivity contribution in [2.75, 3.05) is 17.5 Å². The number of hydrogen-bond acceptors (Lipinski definition) is 6. The summed E-state index contributed by atoms with van der Waals surface area (Å²) in [4.78, 5) is 25.4. The average Bonchev–Trinajstić information content (AvgIpc) is 3.31. The fourth-order valence-electron chi connectivity index (χ4n) is 3.07. The van der Waals surface area contributed by atoms with E-state index in [9.17, 15) is 18.0 Å². The van der Waals surface area contributed by atoms with E-state index >= 15 is 0 Å². The monoisotopic (exact) mass is 472 g/mol. The van der Waals surface area contributed by atoms with Gasteiger partial charge in [-0.15, -0.1) is 11.3 Å². The number of amides is 1. The summed E-state index contributed by atoms with van der Waals surface area (Å²) in [5.41, 5.74) is 1.10. The molecule has 0 saturated carbocycles. The number of ether oxygens (including phenoxy) is 1. The number of thiophene rings is 1. The maximum absolute atomic E-state index is 13.3.